The maximum atomic E-state index is 10.8. The van der Waals surface area contributed by atoms with Crippen molar-refractivity contribution in [2.75, 3.05) is 32.7 Å². The third kappa shape index (κ3) is 2.25. The quantitative estimate of drug-likeness (QED) is 0.658. The van der Waals surface area contributed by atoms with E-state index in [1.807, 2.05) is 0 Å². The molecule has 0 aromatic rings. The zero-order valence-electron chi connectivity index (χ0n) is 8.61. The number of nitrogens with two attached hydrogens (primary N) is 1. The topological polar surface area (TPSA) is 49.6 Å². The van der Waals surface area contributed by atoms with Crippen LogP contribution in [0.5, 0.6) is 0 Å². The average molecular weight is 197 g/mol. The van der Waals surface area contributed by atoms with Crippen LogP contribution in [-0.4, -0.2) is 54.5 Å². The standard InChI is InChI=1S/C10H19N3O/c11-10(14)8-12-4-2-6-13-5-1-3-9(13)7-12/h9H,1-8H2,(H2,11,14). The molecule has 4 heteroatoms. The van der Waals surface area contributed by atoms with Gasteiger partial charge in [0.2, 0.25) is 5.91 Å². The van der Waals surface area contributed by atoms with Crippen LogP contribution >= 0.6 is 0 Å². The normalized spacial score (nSPS) is 29.9. The highest BCUT2D eigenvalue weighted by molar-refractivity contribution is 5.75. The molecule has 0 radical (unpaired) electrons. The lowest BCUT2D eigenvalue weighted by Gasteiger charge is -2.24. The Morgan fingerprint density at radius 2 is 2.07 bits per heavy atom. The van der Waals surface area contributed by atoms with Crippen LogP contribution in [-0.2, 0) is 4.79 Å². The molecule has 1 amide bonds. The van der Waals surface area contributed by atoms with Gasteiger partial charge in [0.05, 0.1) is 6.54 Å². The molecule has 0 bridgehead atoms. The SMILES string of the molecule is NC(=O)CN1CCCN2CCCC2C1. The van der Waals surface area contributed by atoms with E-state index in [0.29, 0.717) is 12.6 Å². The molecular weight excluding hydrogens is 178 g/mol. The first kappa shape index (κ1) is 9.93. The Morgan fingerprint density at radius 1 is 1.29 bits per heavy atom. The zero-order valence-corrected chi connectivity index (χ0v) is 8.61. The molecular formula is C10H19N3O. The van der Waals surface area contributed by atoms with Gasteiger partial charge in [-0.2, -0.15) is 0 Å². The molecule has 0 aromatic carbocycles. The van der Waals surface area contributed by atoms with Crippen molar-refractivity contribution in [1.82, 2.24) is 9.80 Å². The number of amides is 1. The molecule has 80 valence electrons. The average Bonchev–Trinajstić information content (AvgIpc) is 2.44. The van der Waals surface area contributed by atoms with Gasteiger partial charge in [-0.15, -0.1) is 0 Å². The highest BCUT2D eigenvalue weighted by Crippen LogP contribution is 2.20. The van der Waals surface area contributed by atoms with E-state index < -0.39 is 0 Å². The fourth-order valence-electron chi connectivity index (χ4n) is 2.65. The summed E-state index contributed by atoms with van der Waals surface area (Å²) >= 11 is 0. The highest BCUT2D eigenvalue weighted by atomic mass is 16.1. The van der Waals surface area contributed by atoms with Crippen LogP contribution in [0.2, 0.25) is 0 Å². The highest BCUT2D eigenvalue weighted by Gasteiger charge is 2.28. The van der Waals surface area contributed by atoms with E-state index in [0.717, 1.165) is 13.1 Å². The molecule has 2 saturated heterocycles. The molecule has 0 spiro atoms. The first-order chi connectivity index (χ1) is 6.75. The predicted molar refractivity (Wildman–Crippen MR) is 54.8 cm³/mol. The smallest absolute Gasteiger partial charge is 0.231 e. The first-order valence-electron chi connectivity index (χ1n) is 5.50. The van der Waals surface area contributed by atoms with Crippen LogP contribution in [0.15, 0.2) is 0 Å². The van der Waals surface area contributed by atoms with E-state index in [9.17, 15) is 4.79 Å². The van der Waals surface area contributed by atoms with Gasteiger partial charge in [0.25, 0.3) is 0 Å². The molecule has 1 unspecified atom stereocenters. The largest absolute Gasteiger partial charge is 0.369 e. The molecule has 2 fully saturated rings. The summed E-state index contributed by atoms with van der Waals surface area (Å²) in [6, 6.07) is 0.678. The number of fused-ring (bicyclic) bond motifs is 1. The van der Waals surface area contributed by atoms with Crippen molar-refractivity contribution in [2.45, 2.75) is 25.3 Å². The molecule has 2 aliphatic rings. The zero-order chi connectivity index (χ0) is 9.97. The van der Waals surface area contributed by atoms with Crippen molar-refractivity contribution in [3.05, 3.63) is 0 Å². The van der Waals surface area contributed by atoms with Gasteiger partial charge in [-0.1, -0.05) is 0 Å². The summed E-state index contributed by atoms with van der Waals surface area (Å²) in [5.74, 6) is -0.198. The lowest BCUT2D eigenvalue weighted by Crippen LogP contribution is -2.40. The lowest BCUT2D eigenvalue weighted by atomic mass is 10.2. The summed E-state index contributed by atoms with van der Waals surface area (Å²) in [6.07, 6.45) is 3.77. The Bertz CT molecular complexity index is 219. The monoisotopic (exact) mass is 197 g/mol. The summed E-state index contributed by atoms with van der Waals surface area (Å²) < 4.78 is 0. The van der Waals surface area contributed by atoms with Gasteiger partial charge in [0, 0.05) is 12.6 Å². The Kier molecular flexibility index (Phi) is 3.03. The van der Waals surface area contributed by atoms with Crippen molar-refractivity contribution in [3.63, 3.8) is 0 Å². The summed E-state index contributed by atoms with van der Waals surface area (Å²) in [7, 11) is 0. The first-order valence-corrected chi connectivity index (χ1v) is 5.50. The number of hydrogen-bond acceptors (Lipinski definition) is 3. The minimum Gasteiger partial charge on any atom is -0.369 e. The van der Waals surface area contributed by atoms with E-state index in [1.54, 1.807) is 0 Å². The van der Waals surface area contributed by atoms with Crippen molar-refractivity contribution in [2.24, 2.45) is 5.73 Å². The molecule has 2 N–H and O–H groups in total. The molecule has 2 aliphatic heterocycles. The van der Waals surface area contributed by atoms with Gasteiger partial charge < -0.3 is 5.73 Å². The number of nitrogens with zero attached hydrogens (tertiary/aromatic N) is 2. The molecule has 0 saturated carbocycles. The van der Waals surface area contributed by atoms with Crippen molar-refractivity contribution >= 4 is 5.91 Å². The van der Waals surface area contributed by atoms with Gasteiger partial charge >= 0.3 is 0 Å². The number of carbonyl (C=O) groups excluding carboxylic acids is 1. The number of rotatable bonds is 2. The van der Waals surface area contributed by atoms with E-state index in [4.69, 9.17) is 5.73 Å². The Hall–Kier alpha value is -0.610. The second-order valence-corrected chi connectivity index (χ2v) is 4.39. The van der Waals surface area contributed by atoms with E-state index in [-0.39, 0.29) is 5.91 Å². The Morgan fingerprint density at radius 3 is 2.86 bits per heavy atom. The van der Waals surface area contributed by atoms with Gasteiger partial charge in [-0.05, 0) is 38.9 Å². The summed E-state index contributed by atoms with van der Waals surface area (Å²) in [6.45, 7) is 4.93. The molecule has 0 aromatic heterocycles. The van der Waals surface area contributed by atoms with Crippen LogP contribution in [0.1, 0.15) is 19.3 Å². The van der Waals surface area contributed by atoms with Crippen molar-refractivity contribution in [3.8, 4) is 0 Å². The Labute approximate surface area is 85.0 Å². The van der Waals surface area contributed by atoms with Crippen molar-refractivity contribution in [1.29, 1.82) is 0 Å². The number of carbonyl (C=O) groups is 1. The molecule has 1 atom stereocenters. The molecule has 0 aliphatic carbocycles. The van der Waals surface area contributed by atoms with E-state index in [1.165, 1.54) is 32.4 Å². The fraction of sp³-hybridized carbons (Fsp3) is 0.900. The third-order valence-electron chi connectivity index (χ3n) is 3.27. The maximum absolute atomic E-state index is 10.8. The molecule has 4 nitrogen and oxygen atoms in total. The van der Waals surface area contributed by atoms with E-state index >= 15 is 0 Å². The molecule has 14 heavy (non-hydrogen) atoms. The third-order valence-corrected chi connectivity index (χ3v) is 3.27. The molecule has 2 heterocycles. The summed E-state index contributed by atoms with van der Waals surface area (Å²) in [4.78, 5) is 15.6. The molecule has 2 rings (SSSR count). The van der Waals surface area contributed by atoms with E-state index in [2.05, 4.69) is 9.80 Å². The van der Waals surface area contributed by atoms with Gasteiger partial charge in [0.1, 0.15) is 0 Å². The second kappa shape index (κ2) is 4.28. The van der Waals surface area contributed by atoms with Crippen LogP contribution in [0.4, 0.5) is 0 Å². The maximum Gasteiger partial charge on any atom is 0.231 e. The fourth-order valence-corrected chi connectivity index (χ4v) is 2.65. The second-order valence-electron chi connectivity index (χ2n) is 4.39. The van der Waals surface area contributed by atoms with Gasteiger partial charge in [-0.25, -0.2) is 0 Å². The number of primary amides is 1. The number of hydrogen-bond donors (Lipinski definition) is 1. The van der Waals surface area contributed by atoms with Crippen LogP contribution < -0.4 is 5.73 Å². The van der Waals surface area contributed by atoms with Crippen molar-refractivity contribution < 1.29 is 4.79 Å². The lowest BCUT2D eigenvalue weighted by molar-refractivity contribution is -0.119. The van der Waals surface area contributed by atoms with Gasteiger partial charge in [0.15, 0.2) is 0 Å². The van der Waals surface area contributed by atoms with Gasteiger partial charge in [-0.3, -0.25) is 14.6 Å². The van der Waals surface area contributed by atoms with Crippen LogP contribution in [0.25, 0.3) is 0 Å². The minimum absolute atomic E-state index is 0.198. The van der Waals surface area contributed by atoms with Crippen LogP contribution in [0.3, 0.4) is 0 Å². The Balaban J connectivity index is 1.91. The predicted octanol–water partition coefficient (Wildman–Crippen LogP) is -0.358. The van der Waals surface area contributed by atoms with Crippen LogP contribution in [0, 0.1) is 0 Å². The summed E-state index contributed by atoms with van der Waals surface area (Å²) in [5.41, 5.74) is 5.22. The minimum atomic E-state index is -0.198. The summed E-state index contributed by atoms with van der Waals surface area (Å²) in [5, 5.41) is 0.